The highest BCUT2D eigenvalue weighted by Gasteiger charge is 2.41. The Morgan fingerprint density at radius 3 is 2.66 bits per heavy atom. The quantitative estimate of drug-likeness (QED) is 0.347. The van der Waals surface area contributed by atoms with Crippen LogP contribution in [0.1, 0.15) is 42.1 Å². The summed E-state index contributed by atoms with van der Waals surface area (Å²) in [6.07, 6.45) is 1.21. The predicted octanol–water partition coefficient (Wildman–Crippen LogP) is 5.05. The van der Waals surface area contributed by atoms with E-state index >= 15 is 0 Å². The number of nitrogens with zero attached hydrogens (tertiary/aromatic N) is 4. The Bertz CT molecular complexity index is 1080. The van der Waals surface area contributed by atoms with Crippen molar-refractivity contribution < 1.29 is 13.2 Å². The monoisotopic (exact) mass is 482 g/mol. The van der Waals surface area contributed by atoms with Crippen molar-refractivity contribution in [1.82, 2.24) is 24.9 Å². The van der Waals surface area contributed by atoms with Crippen LogP contribution < -0.4 is 10.6 Å². The minimum Gasteiger partial charge on any atom is -0.362 e. The second kappa shape index (κ2) is 9.50. The first-order chi connectivity index (χ1) is 15.3. The molecule has 1 aliphatic rings. The van der Waals surface area contributed by atoms with Crippen LogP contribution in [-0.2, 0) is 19.3 Å². The van der Waals surface area contributed by atoms with Gasteiger partial charge in [-0.2, -0.15) is 23.4 Å². The molecule has 0 saturated heterocycles. The lowest BCUT2D eigenvalue weighted by Gasteiger charge is -2.10. The molecular formula is C21H22ClF3N6S. The average Bonchev–Trinajstić information content (AvgIpc) is 3.39. The topological polar surface area (TPSA) is 59.7 Å². The number of aromatic nitrogens is 4. The van der Waals surface area contributed by atoms with Crippen LogP contribution in [0.2, 0.25) is 5.02 Å². The third-order valence-electron chi connectivity index (χ3n) is 5.07. The van der Waals surface area contributed by atoms with Gasteiger partial charge in [0.1, 0.15) is 0 Å². The standard InChI is InChI=1S/C21H22ClF3N6S/c22-17-18(15-7-8-15)31(29-19(17)21(23,24)25)10-4-9-26-20(32)28-16-11-27-30(13-16)12-14-5-2-1-3-6-14/h1-3,5-6,11,13,15H,4,7-10,12H2,(H2,26,28,32). The largest absolute Gasteiger partial charge is 0.436 e. The summed E-state index contributed by atoms with van der Waals surface area (Å²) in [6, 6.07) is 9.98. The second-order valence-electron chi connectivity index (χ2n) is 7.69. The van der Waals surface area contributed by atoms with Crippen molar-refractivity contribution >= 4 is 34.6 Å². The molecule has 2 heterocycles. The molecule has 2 aromatic heterocycles. The SMILES string of the molecule is FC(F)(F)c1nn(CCCNC(=S)Nc2cnn(Cc3ccccc3)c2)c(C2CC2)c1Cl. The van der Waals surface area contributed by atoms with E-state index in [1.165, 1.54) is 4.68 Å². The molecule has 6 nitrogen and oxygen atoms in total. The number of benzene rings is 1. The molecule has 4 rings (SSSR count). The van der Waals surface area contributed by atoms with Gasteiger partial charge in [0.25, 0.3) is 0 Å². The molecule has 170 valence electrons. The van der Waals surface area contributed by atoms with Gasteiger partial charge in [-0.3, -0.25) is 9.36 Å². The summed E-state index contributed by atoms with van der Waals surface area (Å²) in [4.78, 5) is 0. The van der Waals surface area contributed by atoms with E-state index in [4.69, 9.17) is 23.8 Å². The van der Waals surface area contributed by atoms with E-state index in [2.05, 4.69) is 20.8 Å². The lowest BCUT2D eigenvalue weighted by atomic mass is 10.2. The van der Waals surface area contributed by atoms with Crippen molar-refractivity contribution in [3.8, 4) is 0 Å². The Kier molecular flexibility index (Phi) is 6.71. The molecule has 1 fully saturated rings. The highest BCUT2D eigenvalue weighted by atomic mass is 35.5. The van der Waals surface area contributed by atoms with Gasteiger partial charge in [0.05, 0.1) is 29.1 Å². The molecule has 0 aliphatic heterocycles. The van der Waals surface area contributed by atoms with Crippen LogP contribution in [0.5, 0.6) is 0 Å². The smallest absolute Gasteiger partial charge is 0.362 e. The Morgan fingerprint density at radius 2 is 1.97 bits per heavy atom. The zero-order valence-electron chi connectivity index (χ0n) is 17.1. The summed E-state index contributed by atoms with van der Waals surface area (Å²) in [5.41, 5.74) is 1.38. The van der Waals surface area contributed by atoms with Crippen molar-refractivity contribution in [1.29, 1.82) is 0 Å². The van der Waals surface area contributed by atoms with Crippen molar-refractivity contribution in [3.05, 3.63) is 64.7 Å². The van der Waals surface area contributed by atoms with Crippen molar-refractivity contribution in [2.75, 3.05) is 11.9 Å². The fourth-order valence-corrected chi connectivity index (χ4v) is 4.06. The summed E-state index contributed by atoms with van der Waals surface area (Å²) in [6.45, 7) is 1.46. The molecule has 2 N–H and O–H groups in total. The average molecular weight is 483 g/mol. The number of halogens is 4. The molecule has 1 aromatic carbocycles. The third-order valence-corrected chi connectivity index (χ3v) is 5.69. The Balaban J connectivity index is 1.25. The molecule has 0 amide bonds. The van der Waals surface area contributed by atoms with Crippen LogP contribution in [0.4, 0.5) is 18.9 Å². The highest BCUT2D eigenvalue weighted by Crippen LogP contribution is 2.46. The number of anilines is 1. The molecule has 0 radical (unpaired) electrons. The van der Waals surface area contributed by atoms with Crippen molar-refractivity contribution in [3.63, 3.8) is 0 Å². The van der Waals surface area contributed by atoms with Crippen LogP contribution >= 0.6 is 23.8 Å². The van der Waals surface area contributed by atoms with Crippen LogP contribution in [0.25, 0.3) is 0 Å². The first-order valence-corrected chi connectivity index (χ1v) is 11.0. The minimum absolute atomic E-state index is 0.0641. The van der Waals surface area contributed by atoms with Crippen molar-refractivity contribution in [2.24, 2.45) is 0 Å². The fraction of sp³-hybridized carbons (Fsp3) is 0.381. The van der Waals surface area contributed by atoms with Crippen molar-refractivity contribution in [2.45, 2.75) is 44.4 Å². The van der Waals surface area contributed by atoms with E-state index in [1.54, 1.807) is 10.9 Å². The third kappa shape index (κ3) is 5.60. The molecule has 0 spiro atoms. The molecule has 11 heteroatoms. The number of hydrogen-bond donors (Lipinski definition) is 2. The summed E-state index contributed by atoms with van der Waals surface area (Å²) in [5.74, 6) is 0.0641. The molecule has 1 saturated carbocycles. The first-order valence-electron chi connectivity index (χ1n) is 10.3. The molecule has 3 aromatic rings. The zero-order valence-corrected chi connectivity index (χ0v) is 18.6. The number of nitrogens with one attached hydrogen (secondary N) is 2. The van der Waals surface area contributed by atoms with Crippen LogP contribution in [0, 0.1) is 0 Å². The van der Waals surface area contributed by atoms with Crippen LogP contribution in [0.3, 0.4) is 0 Å². The molecular weight excluding hydrogens is 461 g/mol. The predicted molar refractivity (Wildman–Crippen MR) is 121 cm³/mol. The summed E-state index contributed by atoms with van der Waals surface area (Å²) in [5, 5.41) is 14.3. The van der Waals surface area contributed by atoms with Gasteiger partial charge >= 0.3 is 6.18 Å². The normalized spacial score (nSPS) is 13.9. The summed E-state index contributed by atoms with van der Waals surface area (Å²) >= 11 is 11.3. The molecule has 32 heavy (non-hydrogen) atoms. The summed E-state index contributed by atoms with van der Waals surface area (Å²) in [7, 11) is 0. The van der Waals surface area contributed by atoms with Crippen LogP contribution in [0.15, 0.2) is 42.7 Å². The van der Waals surface area contributed by atoms with Gasteiger partial charge in [-0.25, -0.2) is 0 Å². The van der Waals surface area contributed by atoms with Gasteiger partial charge in [0.15, 0.2) is 10.8 Å². The van der Waals surface area contributed by atoms with E-state index in [-0.39, 0.29) is 10.9 Å². The number of rotatable bonds is 8. The summed E-state index contributed by atoms with van der Waals surface area (Å²) < 4.78 is 42.6. The second-order valence-corrected chi connectivity index (χ2v) is 8.48. The Labute approximate surface area is 193 Å². The van der Waals surface area contributed by atoms with E-state index in [1.807, 2.05) is 36.5 Å². The number of thiocarbonyl (C=S) groups is 1. The van der Waals surface area contributed by atoms with E-state index in [0.717, 1.165) is 24.1 Å². The Morgan fingerprint density at radius 1 is 1.22 bits per heavy atom. The van der Waals surface area contributed by atoms with Gasteiger partial charge in [-0.1, -0.05) is 41.9 Å². The number of hydrogen-bond acceptors (Lipinski definition) is 3. The first kappa shape index (κ1) is 22.6. The lowest BCUT2D eigenvalue weighted by molar-refractivity contribution is -0.141. The van der Waals surface area contributed by atoms with Gasteiger partial charge in [0, 0.05) is 25.2 Å². The molecule has 0 bridgehead atoms. The molecule has 0 unspecified atom stereocenters. The van der Waals surface area contributed by atoms with Gasteiger partial charge in [-0.05, 0) is 37.0 Å². The Hall–Kier alpha value is -2.59. The molecule has 1 aliphatic carbocycles. The zero-order chi connectivity index (χ0) is 22.7. The number of alkyl halides is 3. The maximum atomic E-state index is 13.1. The van der Waals surface area contributed by atoms with E-state index in [9.17, 15) is 13.2 Å². The fourth-order valence-electron chi connectivity index (χ4n) is 3.44. The number of aryl methyl sites for hydroxylation is 1. The van der Waals surface area contributed by atoms with Crippen LogP contribution in [-0.4, -0.2) is 31.2 Å². The lowest BCUT2D eigenvalue weighted by Crippen LogP contribution is -2.29. The van der Waals surface area contributed by atoms with E-state index in [0.29, 0.717) is 36.9 Å². The maximum absolute atomic E-state index is 13.1. The highest BCUT2D eigenvalue weighted by molar-refractivity contribution is 7.80. The van der Waals surface area contributed by atoms with Gasteiger partial charge < -0.3 is 10.6 Å². The van der Waals surface area contributed by atoms with Gasteiger partial charge in [0.2, 0.25) is 0 Å². The maximum Gasteiger partial charge on any atom is 0.436 e. The van der Waals surface area contributed by atoms with E-state index < -0.39 is 11.9 Å². The minimum atomic E-state index is -4.55. The van der Waals surface area contributed by atoms with Gasteiger partial charge in [-0.15, -0.1) is 0 Å². The molecule has 0 atom stereocenters.